The maximum absolute atomic E-state index is 11.6. The molecule has 2 bridgehead atoms. The van der Waals surface area contributed by atoms with E-state index in [-0.39, 0.29) is 18.3 Å². The molecular weight excluding hydrogens is 256 g/mol. The summed E-state index contributed by atoms with van der Waals surface area (Å²) >= 11 is 0. The lowest BCUT2D eigenvalue weighted by atomic mass is 10.1. The molecule has 3 N–H and O–H groups in total. The Kier molecular flexibility index (Phi) is 5.84. The summed E-state index contributed by atoms with van der Waals surface area (Å²) < 4.78 is 0. The van der Waals surface area contributed by atoms with Gasteiger partial charge in [-0.2, -0.15) is 0 Å². The van der Waals surface area contributed by atoms with Crippen molar-refractivity contribution in [1.82, 2.24) is 20.9 Å². The van der Waals surface area contributed by atoms with E-state index in [2.05, 4.69) is 20.9 Å². The number of fused-ring (bicyclic) bond motifs is 2. The predicted octanol–water partition coefficient (Wildman–Crippen LogP) is -0.310. The lowest BCUT2D eigenvalue weighted by Gasteiger charge is -2.22. The first kappa shape index (κ1) is 15.2. The number of amides is 3. The second kappa shape index (κ2) is 6.92. The van der Waals surface area contributed by atoms with Gasteiger partial charge in [-0.25, -0.2) is 4.79 Å². The summed E-state index contributed by atoms with van der Waals surface area (Å²) in [5, 5.41) is 8.22. The van der Waals surface area contributed by atoms with Crippen molar-refractivity contribution in [2.45, 2.75) is 31.3 Å². The second-order valence-electron chi connectivity index (χ2n) is 4.79. The zero-order valence-corrected chi connectivity index (χ0v) is 11.4. The summed E-state index contributed by atoms with van der Waals surface area (Å²) in [6, 6.07) is 0.687. The van der Waals surface area contributed by atoms with E-state index < -0.39 is 6.03 Å². The molecule has 0 saturated carbocycles. The molecular formula is C11H21ClN4O2. The molecule has 2 fully saturated rings. The van der Waals surface area contributed by atoms with Gasteiger partial charge in [0.2, 0.25) is 5.91 Å². The zero-order chi connectivity index (χ0) is 12.3. The summed E-state index contributed by atoms with van der Waals surface area (Å²) in [6.07, 6.45) is 3.53. The molecule has 0 aromatic rings. The number of likely N-dealkylation sites (tertiary alicyclic amines) is 1. The molecule has 2 atom stereocenters. The number of hydrogen-bond donors (Lipinski definition) is 3. The fourth-order valence-corrected chi connectivity index (χ4v) is 2.59. The largest absolute Gasteiger partial charge is 0.341 e. The summed E-state index contributed by atoms with van der Waals surface area (Å²) in [4.78, 5) is 24.7. The summed E-state index contributed by atoms with van der Waals surface area (Å²) in [7, 11) is 1.50. The SMILES string of the molecule is CNC(=O)NC(=O)CN1CCC2CCC(C1)N2.Cl. The summed E-state index contributed by atoms with van der Waals surface area (Å²) in [5.41, 5.74) is 0. The highest BCUT2D eigenvalue weighted by Crippen LogP contribution is 2.19. The molecule has 2 unspecified atom stereocenters. The highest BCUT2D eigenvalue weighted by molar-refractivity contribution is 5.95. The van der Waals surface area contributed by atoms with Gasteiger partial charge in [0.15, 0.2) is 0 Å². The van der Waals surface area contributed by atoms with E-state index in [0.717, 1.165) is 19.5 Å². The topological polar surface area (TPSA) is 73.5 Å². The van der Waals surface area contributed by atoms with Crippen LogP contribution in [-0.2, 0) is 4.79 Å². The van der Waals surface area contributed by atoms with Gasteiger partial charge in [0.25, 0.3) is 0 Å². The molecule has 0 aromatic carbocycles. The minimum absolute atomic E-state index is 0. The fourth-order valence-electron chi connectivity index (χ4n) is 2.59. The van der Waals surface area contributed by atoms with Gasteiger partial charge in [0.1, 0.15) is 0 Å². The highest BCUT2D eigenvalue weighted by Gasteiger charge is 2.29. The Morgan fingerprint density at radius 1 is 1.28 bits per heavy atom. The Hall–Kier alpha value is -0.850. The number of rotatable bonds is 2. The number of halogens is 1. The second-order valence-corrected chi connectivity index (χ2v) is 4.79. The molecule has 2 rings (SSSR count). The smallest absolute Gasteiger partial charge is 0.321 e. The van der Waals surface area contributed by atoms with E-state index in [4.69, 9.17) is 0 Å². The van der Waals surface area contributed by atoms with Gasteiger partial charge >= 0.3 is 6.03 Å². The van der Waals surface area contributed by atoms with E-state index >= 15 is 0 Å². The minimum atomic E-state index is -0.440. The van der Waals surface area contributed by atoms with Gasteiger partial charge in [-0.05, 0) is 19.3 Å². The molecule has 6 nitrogen and oxygen atoms in total. The van der Waals surface area contributed by atoms with Crippen LogP contribution in [0.25, 0.3) is 0 Å². The standard InChI is InChI=1S/C11H20N4O2.ClH/c1-12-11(17)14-10(16)7-15-5-4-8-2-3-9(6-15)13-8;/h8-9,13H,2-7H2,1H3,(H2,12,14,16,17);1H. The molecule has 0 aromatic heterocycles. The van der Waals surface area contributed by atoms with Crippen molar-refractivity contribution < 1.29 is 9.59 Å². The van der Waals surface area contributed by atoms with E-state index in [1.807, 2.05) is 0 Å². The third-order valence-corrected chi connectivity index (χ3v) is 3.45. The maximum atomic E-state index is 11.6. The van der Waals surface area contributed by atoms with Gasteiger partial charge < -0.3 is 10.6 Å². The third-order valence-electron chi connectivity index (χ3n) is 3.45. The molecule has 104 valence electrons. The van der Waals surface area contributed by atoms with Crippen molar-refractivity contribution in [2.75, 3.05) is 26.7 Å². The molecule has 2 saturated heterocycles. The Morgan fingerprint density at radius 2 is 2.00 bits per heavy atom. The van der Waals surface area contributed by atoms with Gasteiger partial charge in [0.05, 0.1) is 6.54 Å². The van der Waals surface area contributed by atoms with Gasteiger partial charge in [-0.15, -0.1) is 12.4 Å². The van der Waals surface area contributed by atoms with Gasteiger partial charge in [0, 0.05) is 32.2 Å². The van der Waals surface area contributed by atoms with Crippen molar-refractivity contribution in [1.29, 1.82) is 0 Å². The van der Waals surface area contributed by atoms with E-state index in [1.165, 1.54) is 19.9 Å². The first-order valence-corrected chi connectivity index (χ1v) is 6.17. The summed E-state index contributed by atoms with van der Waals surface area (Å²) in [5.74, 6) is -0.234. The Morgan fingerprint density at radius 3 is 2.72 bits per heavy atom. The van der Waals surface area contributed by atoms with Gasteiger partial charge in [-0.1, -0.05) is 0 Å². The summed E-state index contributed by atoms with van der Waals surface area (Å²) in [6.45, 7) is 2.13. The Bertz CT molecular complexity index is 313. The Balaban J connectivity index is 0.00000162. The number of carbonyl (C=O) groups is 2. The van der Waals surface area contributed by atoms with E-state index in [9.17, 15) is 9.59 Å². The van der Waals surface area contributed by atoms with Crippen LogP contribution in [0.5, 0.6) is 0 Å². The lowest BCUT2D eigenvalue weighted by Crippen LogP contribution is -2.45. The van der Waals surface area contributed by atoms with Crippen LogP contribution < -0.4 is 16.0 Å². The number of nitrogens with one attached hydrogen (secondary N) is 3. The monoisotopic (exact) mass is 276 g/mol. The first-order chi connectivity index (χ1) is 8.17. The van der Waals surface area contributed by atoms with Crippen LogP contribution in [-0.4, -0.2) is 55.6 Å². The van der Waals surface area contributed by atoms with Crippen molar-refractivity contribution in [3.63, 3.8) is 0 Å². The fraction of sp³-hybridized carbons (Fsp3) is 0.818. The molecule has 7 heteroatoms. The first-order valence-electron chi connectivity index (χ1n) is 6.17. The number of hydrogen-bond acceptors (Lipinski definition) is 4. The Labute approximate surface area is 113 Å². The van der Waals surface area contributed by atoms with Crippen LogP contribution in [0.3, 0.4) is 0 Å². The molecule has 18 heavy (non-hydrogen) atoms. The molecule has 2 heterocycles. The molecule has 2 aliphatic rings. The van der Waals surface area contributed by atoms with Crippen molar-refractivity contribution in [2.24, 2.45) is 0 Å². The third kappa shape index (κ3) is 4.12. The van der Waals surface area contributed by atoms with Crippen LogP contribution in [0.1, 0.15) is 19.3 Å². The van der Waals surface area contributed by atoms with Gasteiger partial charge in [-0.3, -0.25) is 15.0 Å². The quantitative estimate of drug-likeness (QED) is 0.647. The maximum Gasteiger partial charge on any atom is 0.321 e. The molecule has 0 radical (unpaired) electrons. The average molecular weight is 277 g/mol. The van der Waals surface area contributed by atoms with E-state index in [0.29, 0.717) is 18.6 Å². The number of urea groups is 1. The van der Waals surface area contributed by atoms with Crippen LogP contribution in [0.15, 0.2) is 0 Å². The minimum Gasteiger partial charge on any atom is -0.341 e. The van der Waals surface area contributed by atoms with Crippen LogP contribution in [0.4, 0.5) is 4.79 Å². The van der Waals surface area contributed by atoms with Crippen LogP contribution >= 0.6 is 12.4 Å². The molecule has 3 amide bonds. The van der Waals surface area contributed by atoms with Crippen molar-refractivity contribution >= 4 is 24.3 Å². The van der Waals surface area contributed by atoms with E-state index in [1.54, 1.807) is 0 Å². The highest BCUT2D eigenvalue weighted by atomic mass is 35.5. The van der Waals surface area contributed by atoms with Crippen molar-refractivity contribution in [3.05, 3.63) is 0 Å². The molecule has 0 spiro atoms. The normalized spacial score (nSPS) is 26.9. The lowest BCUT2D eigenvalue weighted by molar-refractivity contribution is -0.121. The molecule has 2 aliphatic heterocycles. The van der Waals surface area contributed by atoms with Crippen LogP contribution in [0.2, 0.25) is 0 Å². The van der Waals surface area contributed by atoms with Crippen LogP contribution in [0, 0.1) is 0 Å². The molecule has 0 aliphatic carbocycles. The zero-order valence-electron chi connectivity index (χ0n) is 10.6. The number of nitrogens with zero attached hydrogens (tertiary/aromatic N) is 1. The number of imide groups is 1. The predicted molar refractivity (Wildman–Crippen MR) is 70.8 cm³/mol. The van der Waals surface area contributed by atoms with Crippen molar-refractivity contribution in [3.8, 4) is 0 Å². The number of carbonyl (C=O) groups excluding carboxylic acids is 2. The average Bonchev–Trinajstić information content (AvgIpc) is 2.62.